The number of halogens is 4. The first-order valence-corrected chi connectivity index (χ1v) is 8.87. The predicted octanol–water partition coefficient (Wildman–Crippen LogP) is 6.02. The van der Waals surface area contributed by atoms with E-state index in [1.54, 1.807) is 38.2 Å². The van der Waals surface area contributed by atoms with Crippen molar-refractivity contribution in [1.82, 2.24) is 0 Å². The summed E-state index contributed by atoms with van der Waals surface area (Å²) in [6.45, 7) is 2.54. The Bertz CT molecular complexity index is 788. The maximum atomic E-state index is 14.3. The molecule has 0 radical (unpaired) electrons. The highest BCUT2D eigenvalue weighted by molar-refractivity contribution is 7.99. The van der Waals surface area contributed by atoms with E-state index in [2.05, 4.69) is 10.3 Å². The van der Waals surface area contributed by atoms with Crippen molar-refractivity contribution in [3.05, 3.63) is 58.4 Å². The van der Waals surface area contributed by atoms with Crippen molar-refractivity contribution in [3.63, 3.8) is 0 Å². The first-order valence-electron chi connectivity index (χ1n) is 7.51. The molecule has 1 N–H and O–H groups in total. The van der Waals surface area contributed by atoms with Gasteiger partial charge in [0.1, 0.15) is 11.7 Å². The van der Waals surface area contributed by atoms with Crippen molar-refractivity contribution >= 4 is 34.9 Å². The van der Waals surface area contributed by atoms with Gasteiger partial charge in [-0.3, -0.25) is 4.99 Å². The van der Waals surface area contributed by atoms with Gasteiger partial charge in [0.25, 0.3) is 5.92 Å². The number of hydrogen-bond acceptors (Lipinski definition) is 2. The molecule has 0 saturated carbocycles. The highest BCUT2D eigenvalue weighted by Crippen LogP contribution is 2.32. The number of benzene rings is 2. The zero-order valence-corrected chi connectivity index (χ0v) is 15.6. The third-order valence-corrected chi connectivity index (χ3v) is 5.08. The minimum atomic E-state index is -2.80. The summed E-state index contributed by atoms with van der Waals surface area (Å²) in [7, 11) is 1.56. The number of nitrogens with one attached hydrogen (secondary N) is 1. The third kappa shape index (κ3) is 5.41. The van der Waals surface area contributed by atoms with Gasteiger partial charge in [-0.1, -0.05) is 23.7 Å². The number of amidine groups is 1. The fraction of sp³-hybridized carbons (Fsp3) is 0.278. The monoisotopic (exact) mass is 386 g/mol. The molecule has 2 aromatic carbocycles. The van der Waals surface area contributed by atoms with Crippen LogP contribution in [0.1, 0.15) is 18.1 Å². The third-order valence-electron chi connectivity index (χ3n) is 3.35. The molecular formula is C18H18ClF3N2S. The normalized spacial score (nSPS) is 12.4. The van der Waals surface area contributed by atoms with E-state index in [1.165, 1.54) is 12.1 Å². The summed E-state index contributed by atoms with van der Waals surface area (Å²) in [5.74, 6) is -3.27. The predicted molar refractivity (Wildman–Crippen MR) is 100 cm³/mol. The van der Waals surface area contributed by atoms with Gasteiger partial charge in [0, 0.05) is 24.4 Å². The smallest absolute Gasteiger partial charge is 0.254 e. The van der Waals surface area contributed by atoms with Crippen molar-refractivity contribution in [2.45, 2.75) is 24.7 Å². The topological polar surface area (TPSA) is 24.4 Å². The van der Waals surface area contributed by atoms with Crippen molar-refractivity contribution in [2.75, 3.05) is 18.1 Å². The molecule has 0 aliphatic carbocycles. The highest BCUT2D eigenvalue weighted by atomic mass is 35.5. The lowest BCUT2D eigenvalue weighted by Gasteiger charge is -2.15. The lowest BCUT2D eigenvalue weighted by molar-refractivity contribution is 0.0492. The standard InChI is InChI=1S/C18H18ClF3N2S/c1-11-8-14(20)15(9-16(11)25-10-18(2,21)22)24-17(23-3)12-6-4-5-7-13(12)19/h4-9H,10H2,1-3H3,(H,23,24). The van der Waals surface area contributed by atoms with Crippen LogP contribution in [0.25, 0.3) is 0 Å². The van der Waals surface area contributed by atoms with Crippen LogP contribution in [0, 0.1) is 12.7 Å². The first kappa shape index (κ1) is 19.7. The molecule has 0 aliphatic rings. The zero-order valence-electron chi connectivity index (χ0n) is 14.0. The van der Waals surface area contributed by atoms with Crippen LogP contribution in [0.3, 0.4) is 0 Å². The Labute approximate surface area is 154 Å². The zero-order chi connectivity index (χ0) is 18.6. The SMILES string of the molecule is CN=C(Nc1cc(SCC(C)(F)F)c(C)cc1F)c1ccccc1Cl. The number of hydrogen-bond donors (Lipinski definition) is 1. The minimum absolute atomic E-state index is 0.160. The van der Waals surface area contributed by atoms with E-state index >= 15 is 0 Å². The van der Waals surface area contributed by atoms with Gasteiger partial charge in [-0.2, -0.15) is 0 Å². The number of aliphatic imine (C=N–C) groups is 1. The lowest BCUT2D eigenvalue weighted by Crippen LogP contribution is -2.16. The molecule has 7 heteroatoms. The lowest BCUT2D eigenvalue weighted by atomic mass is 10.1. The van der Waals surface area contributed by atoms with E-state index in [4.69, 9.17) is 11.6 Å². The number of thioether (sulfide) groups is 1. The van der Waals surface area contributed by atoms with E-state index in [1.807, 2.05) is 0 Å². The second-order valence-electron chi connectivity index (χ2n) is 5.63. The van der Waals surface area contributed by atoms with Gasteiger partial charge in [-0.05, 0) is 36.8 Å². The van der Waals surface area contributed by atoms with E-state index < -0.39 is 11.7 Å². The molecule has 0 unspecified atom stereocenters. The summed E-state index contributed by atoms with van der Waals surface area (Å²) >= 11 is 7.15. The Hall–Kier alpha value is -1.66. The number of nitrogens with zero attached hydrogens (tertiary/aromatic N) is 1. The van der Waals surface area contributed by atoms with E-state index in [0.717, 1.165) is 18.7 Å². The molecule has 2 aromatic rings. The van der Waals surface area contributed by atoms with Gasteiger partial charge in [0.15, 0.2) is 0 Å². The van der Waals surface area contributed by atoms with Crippen molar-refractivity contribution in [3.8, 4) is 0 Å². The fourth-order valence-electron chi connectivity index (χ4n) is 2.13. The summed E-state index contributed by atoms with van der Waals surface area (Å²) in [6.07, 6.45) is 0. The summed E-state index contributed by atoms with van der Waals surface area (Å²) < 4.78 is 40.5. The summed E-state index contributed by atoms with van der Waals surface area (Å²) in [4.78, 5) is 4.70. The van der Waals surface area contributed by atoms with Crippen LogP contribution in [-0.2, 0) is 0 Å². The molecule has 0 saturated heterocycles. The fourth-order valence-corrected chi connectivity index (χ4v) is 3.26. The molecule has 0 aromatic heterocycles. The molecule has 0 amide bonds. The second-order valence-corrected chi connectivity index (χ2v) is 7.06. The second kappa shape index (κ2) is 8.15. The van der Waals surface area contributed by atoms with Crippen molar-refractivity contribution in [1.29, 1.82) is 0 Å². The molecule has 2 rings (SSSR count). The Morgan fingerprint density at radius 1 is 1.28 bits per heavy atom. The van der Waals surface area contributed by atoms with Crippen LogP contribution < -0.4 is 5.32 Å². The van der Waals surface area contributed by atoms with Crippen LogP contribution in [0.2, 0.25) is 5.02 Å². The quantitative estimate of drug-likeness (QED) is 0.386. The van der Waals surface area contributed by atoms with E-state index in [9.17, 15) is 13.2 Å². The van der Waals surface area contributed by atoms with Gasteiger partial charge < -0.3 is 5.32 Å². The molecule has 0 fully saturated rings. The van der Waals surface area contributed by atoms with Crippen LogP contribution >= 0.6 is 23.4 Å². The number of aryl methyl sites for hydroxylation is 1. The number of rotatable bonds is 5. The van der Waals surface area contributed by atoms with Gasteiger partial charge in [0.2, 0.25) is 0 Å². The first-order chi connectivity index (χ1) is 11.7. The Morgan fingerprint density at radius 2 is 1.96 bits per heavy atom. The molecule has 2 nitrogen and oxygen atoms in total. The van der Waals surface area contributed by atoms with Crippen molar-refractivity contribution < 1.29 is 13.2 Å². The van der Waals surface area contributed by atoms with Crippen LogP contribution in [0.4, 0.5) is 18.9 Å². The van der Waals surface area contributed by atoms with Gasteiger partial charge in [0.05, 0.1) is 16.5 Å². The maximum absolute atomic E-state index is 14.3. The molecule has 0 atom stereocenters. The molecule has 25 heavy (non-hydrogen) atoms. The van der Waals surface area contributed by atoms with E-state index in [0.29, 0.717) is 26.9 Å². The average molecular weight is 387 g/mol. The van der Waals surface area contributed by atoms with Gasteiger partial charge in [-0.15, -0.1) is 11.8 Å². The molecule has 0 spiro atoms. The van der Waals surface area contributed by atoms with Crippen LogP contribution in [-0.4, -0.2) is 24.6 Å². The molecule has 0 heterocycles. The average Bonchev–Trinajstić information content (AvgIpc) is 2.53. The number of anilines is 1. The van der Waals surface area contributed by atoms with Gasteiger partial charge >= 0.3 is 0 Å². The maximum Gasteiger partial charge on any atom is 0.254 e. The molecule has 0 aliphatic heterocycles. The summed E-state index contributed by atoms with van der Waals surface area (Å²) in [5, 5.41) is 3.38. The molecule has 0 bridgehead atoms. The number of alkyl halides is 2. The molecule has 134 valence electrons. The largest absolute Gasteiger partial charge is 0.338 e. The minimum Gasteiger partial charge on any atom is -0.338 e. The van der Waals surface area contributed by atoms with Crippen molar-refractivity contribution in [2.24, 2.45) is 4.99 Å². The van der Waals surface area contributed by atoms with Crippen LogP contribution in [0.15, 0.2) is 46.3 Å². The van der Waals surface area contributed by atoms with E-state index in [-0.39, 0.29) is 11.4 Å². The van der Waals surface area contributed by atoms with Crippen LogP contribution in [0.5, 0.6) is 0 Å². The summed E-state index contributed by atoms with van der Waals surface area (Å²) in [5.41, 5.74) is 1.39. The Kier molecular flexibility index (Phi) is 6.41. The summed E-state index contributed by atoms with van der Waals surface area (Å²) in [6, 6.07) is 9.88. The van der Waals surface area contributed by atoms with Gasteiger partial charge in [-0.25, -0.2) is 13.2 Å². The highest BCUT2D eigenvalue weighted by Gasteiger charge is 2.22. The Morgan fingerprint density at radius 3 is 2.56 bits per heavy atom. The Balaban J connectivity index is 2.31. The molecular weight excluding hydrogens is 369 g/mol.